The summed E-state index contributed by atoms with van der Waals surface area (Å²) in [5.74, 6) is 0.999. The van der Waals surface area contributed by atoms with Crippen LogP contribution in [0.4, 0.5) is 0 Å². The van der Waals surface area contributed by atoms with Crippen molar-refractivity contribution in [1.82, 2.24) is 0 Å². The first-order valence-electron chi connectivity index (χ1n) is 9.25. The predicted molar refractivity (Wildman–Crippen MR) is 98.8 cm³/mol. The Bertz CT molecular complexity index is 606. The lowest BCUT2D eigenvalue weighted by atomic mass is 10.1. The summed E-state index contributed by atoms with van der Waals surface area (Å²) in [4.78, 5) is 3.45. The Labute approximate surface area is 145 Å². The zero-order chi connectivity index (χ0) is 16.6. The van der Waals surface area contributed by atoms with Gasteiger partial charge < -0.3 is 14.5 Å². The molecule has 1 saturated heterocycles. The molecule has 3 nitrogen and oxygen atoms in total. The second-order valence-electron chi connectivity index (χ2n) is 6.87. The van der Waals surface area contributed by atoms with Gasteiger partial charge in [0.2, 0.25) is 0 Å². The normalized spacial score (nSPS) is 20.7. The van der Waals surface area contributed by atoms with E-state index in [-0.39, 0.29) is 0 Å². The van der Waals surface area contributed by atoms with E-state index in [1.165, 1.54) is 50.3 Å². The fraction of sp³-hybridized carbons (Fsp3) is 0.429. The van der Waals surface area contributed by atoms with Gasteiger partial charge in [0.1, 0.15) is 31.9 Å². The molecule has 0 unspecified atom stereocenters. The third-order valence-electron chi connectivity index (χ3n) is 4.96. The van der Waals surface area contributed by atoms with Crippen LogP contribution in [0.5, 0.6) is 5.75 Å². The summed E-state index contributed by atoms with van der Waals surface area (Å²) >= 11 is 0. The predicted octanol–water partition coefficient (Wildman–Crippen LogP) is 0.926. The summed E-state index contributed by atoms with van der Waals surface area (Å²) in [7, 11) is 2.30. The summed E-state index contributed by atoms with van der Waals surface area (Å²) < 4.78 is 6.08. The van der Waals surface area contributed by atoms with E-state index in [2.05, 4.69) is 61.6 Å². The summed E-state index contributed by atoms with van der Waals surface area (Å²) in [6.45, 7) is 7.37. The SMILES string of the molecule is C[NH+]1CC[NH+](CCCCOc2ccccc2-c2ccccc2)CC1. The fourth-order valence-corrected chi connectivity index (χ4v) is 3.39. The van der Waals surface area contributed by atoms with Crippen LogP contribution in [0.2, 0.25) is 0 Å². The van der Waals surface area contributed by atoms with E-state index in [9.17, 15) is 0 Å². The van der Waals surface area contributed by atoms with Gasteiger partial charge in [-0.15, -0.1) is 0 Å². The van der Waals surface area contributed by atoms with Crippen LogP contribution >= 0.6 is 0 Å². The van der Waals surface area contributed by atoms with Crippen molar-refractivity contribution in [3.05, 3.63) is 54.6 Å². The van der Waals surface area contributed by atoms with Gasteiger partial charge in [-0.1, -0.05) is 48.5 Å². The van der Waals surface area contributed by atoms with Crippen molar-refractivity contribution in [2.45, 2.75) is 12.8 Å². The number of piperazine rings is 1. The highest BCUT2D eigenvalue weighted by Gasteiger charge is 2.18. The van der Waals surface area contributed by atoms with Crippen LogP contribution in [0.25, 0.3) is 11.1 Å². The molecule has 128 valence electrons. The van der Waals surface area contributed by atoms with Crippen LogP contribution in [-0.4, -0.2) is 46.4 Å². The highest BCUT2D eigenvalue weighted by molar-refractivity contribution is 5.70. The number of ether oxygens (including phenoxy) is 1. The number of rotatable bonds is 7. The number of hydrogen-bond donors (Lipinski definition) is 2. The van der Waals surface area contributed by atoms with Crippen molar-refractivity contribution in [3.63, 3.8) is 0 Å². The first-order chi connectivity index (χ1) is 11.8. The first kappa shape index (κ1) is 17.0. The third kappa shape index (κ3) is 4.83. The second kappa shape index (κ2) is 8.86. The maximum Gasteiger partial charge on any atom is 0.127 e. The van der Waals surface area contributed by atoms with E-state index in [0.29, 0.717) is 0 Å². The molecule has 1 aliphatic heterocycles. The molecule has 0 amide bonds. The molecule has 1 heterocycles. The second-order valence-corrected chi connectivity index (χ2v) is 6.87. The summed E-state index contributed by atoms with van der Waals surface area (Å²) in [6, 6.07) is 18.8. The van der Waals surface area contributed by atoms with E-state index in [1.807, 2.05) is 0 Å². The molecular formula is C21H30N2O+2. The zero-order valence-corrected chi connectivity index (χ0v) is 14.8. The molecule has 2 N–H and O–H groups in total. The molecule has 1 fully saturated rings. The molecule has 0 aliphatic carbocycles. The summed E-state index contributed by atoms with van der Waals surface area (Å²) in [5.41, 5.74) is 2.41. The smallest absolute Gasteiger partial charge is 0.127 e. The van der Waals surface area contributed by atoms with Crippen molar-refractivity contribution < 1.29 is 14.5 Å². The number of likely N-dealkylation sites (N-methyl/N-ethyl adjacent to an activating group) is 1. The van der Waals surface area contributed by atoms with Gasteiger partial charge in [-0.25, -0.2) is 0 Å². The van der Waals surface area contributed by atoms with Gasteiger partial charge in [-0.05, 0) is 24.5 Å². The average molecular weight is 326 g/mol. The van der Waals surface area contributed by atoms with E-state index in [0.717, 1.165) is 18.8 Å². The molecule has 0 aromatic heterocycles. The molecule has 24 heavy (non-hydrogen) atoms. The average Bonchev–Trinajstić information content (AvgIpc) is 2.64. The number of unbranched alkanes of at least 4 members (excludes halogenated alkanes) is 1. The number of benzene rings is 2. The van der Waals surface area contributed by atoms with Crippen molar-refractivity contribution >= 4 is 0 Å². The monoisotopic (exact) mass is 326 g/mol. The number of hydrogen-bond acceptors (Lipinski definition) is 1. The Morgan fingerprint density at radius 1 is 0.833 bits per heavy atom. The fourth-order valence-electron chi connectivity index (χ4n) is 3.39. The van der Waals surface area contributed by atoms with Crippen LogP contribution in [0.15, 0.2) is 54.6 Å². The maximum atomic E-state index is 6.08. The quantitative estimate of drug-likeness (QED) is 0.725. The first-order valence-corrected chi connectivity index (χ1v) is 9.25. The molecule has 0 radical (unpaired) electrons. The van der Waals surface area contributed by atoms with E-state index < -0.39 is 0 Å². The minimum atomic E-state index is 0.808. The molecular weight excluding hydrogens is 296 g/mol. The van der Waals surface area contributed by atoms with Gasteiger partial charge in [0, 0.05) is 5.56 Å². The van der Waals surface area contributed by atoms with Crippen molar-refractivity contribution in [3.8, 4) is 16.9 Å². The lowest BCUT2D eigenvalue weighted by Crippen LogP contribution is -3.27. The minimum absolute atomic E-state index is 0.808. The molecule has 0 saturated carbocycles. The lowest BCUT2D eigenvalue weighted by Gasteiger charge is -2.27. The summed E-state index contributed by atoms with van der Waals surface area (Å²) in [5, 5.41) is 0. The molecule has 3 rings (SSSR count). The van der Waals surface area contributed by atoms with E-state index in [1.54, 1.807) is 9.80 Å². The zero-order valence-electron chi connectivity index (χ0n) is 14.8. The van der Waals surface area contributed by atoms with Crippen LogP contribution in [0, 0.1) is 0 Å². The van der Waals surface area contributed by atoms with E-state index in [4.69, 9.17) is 4.74 Å². The number of nitrogens with one attached hydrogen (secondary N) is 2. The van der Waals surface area contributed by atoms with Gasteiger partial charge in [-0.3, -0.25) is 0 Å². The van der Waals surface area contributed by atoms with Crippen LogP contribution in [0.1, 0.15) is 12.8 Å². The van der Waals surface area contributed by atoms with Gasteiger partial charge in [0.15, 0.2) is 0 Å². The Kier molecular flexibility index (Phi) is 6.27. The van der Waals surface area contributed by atoms with Gasteiger partial charge in [0.05, 0.1) is 20.2 Å². The highest BCUT2D eigenvalue weighted by atomic mass is 16.5. The largest absolute Gasteiger partial charge is 0.493 e. The Hall–Kier alpha value is -1.84. The van der Waals surface area contributed by atoms with E-state index >= 15 is 0 Å². The Morgan fingerprint density at radius 3 is 2.33 bits per heavy atom. The van der Waals surface area contributed by atoms with Crippen LogP contribution < -0.4 is 14.5 Å². The Balaban J connectivity index is 1.44. The summed E-state index contributed by atoms with van der Waals surface area (Å²) in [6.07, 6.45) is 2.39. The van der Waals surface area contributed by atoms with Gasteiger partial charge >= 0.3 is 0 Å². The van der Waals surface area contributed by atoms with Gasteiger partial charge in [0.25, 0.3) is 0 Å². The minimum Gasteiger partial charge on any atom is -0.493 e. The Morgan fingerprint density at radius 2 is 1.54 bits per heavy atom. The highest BCUT2D eigenvalue weighted by Crippen LogP contribution is 2.29. The molecule has 2 aromatic carbocycles. The van der Waals surface area contributed by atoms with Crippen molar-refractivity contribution in [2.24, 2.45) is 0 Å². The lowest BCUT2D eigenvalue weighted by molar-refractivity contribution is -1.00. The molecule has 0 bridgehead atoms. The topological polar surface area (TPSA) is 18.1 Å². The molecule has 1 aliphatic rings. The van der Waals surface area contributed by atoms with Crippen LogP contribution in [0.3, 0.4) is 0 Å². The third-order valence-corrected chi connectivity index (χ3v) is 4.96. The molecule has 0 atom stereocenters. The number of quaternary nitrogens is 2. The maximum absolute atomic E-state index is 6.08. The molecule has 0 spiro atoms. The van der Waals surface area contributed by atoms with Crippen LogP contribution in [-0.2, 0) is 0 Å². The number of para-hydroxylation sites is 1. The molecule has 3 heteroatoms. The van der Waals surface area contributed by atoms with Crippen molar-refractivity contribution in [1.29, 1.82) is 0 Å². The standard InChI is InChI=1S/C21H28N2O/c1-22-14-16-23(17-15-22)13-7-8-18-24-21-12-6-5-11-20(21)19-9-3-2-4-10-19/h2-6,9-12H,7-8,13-18H2,1H3/p+2. The van der Waals surface area contributed by atoms with Crippen molar-refractivity contribution in [2.75, 3.05) is 46.4 Å². The molecule has 2 aromatic rings. The van der Waals surface area contributed by atoms with Gasteiger partial charge in [-0.2, -0.15) is 0 Å².